The molecule has 0 saturated heterocycles. The lowest BCUT2D eigenvalue weighted by Gasteiger charge is -2.13. The zero-order valence-corrected chi connectivity index (χ0v) is 12.8. The van der Waals surface area contributed by atoms with Crippen molar-refractivity contribution in [1.29, 1.82) is 0 Å². The Bertz CT molecular complexity index is 715. The molecular formula is C12H15N7O2S. The van der Waals surface area contributed by atoms with E-state index in [1.54, 1.807) is 13.0 Å². The molecule has 1 unspecified atom stereocenters. The van der Waals surface area contributed by atoms with Crippen LogP contribution in [0.3, 0.4) is 0 Å². The first-order valence-electron chi connectivity index (χ1n) is 6.30. The first-order valence-corrected chi connectivity index (χ1v) is 7.07. The quantitative estimate of drug-likeness (QED) is 0.600. The van der Waals surface area contributed by atoms with E-state index in [4.69, 9.17) is 11.5 Å². The average Bonchev–Trinajstić information content (AvgIpc) is 2.83. The first kappa shape index (κ1) is 15.6. The van der Waals surface area contributed by atoms with Gasteiger partial charge in [-0.1, -0.05) is 0 Å². The Morgan fingerprint density at radius 2 is 2.09 bits per heavy atom. The highest BCUT2D eigenvalue weighted by atomic mass is 32.1. The summed E-state index contributed by atoms with van der Waals surface area (Å²) in [6, 6.07) is 1.16. The van der Waals surface area contributed by atoms with Crippen molar-refractivity contribution in [2.75, 3.05) is 10.6 Å². The molecule has 0 fully saturated rings. The number of primary amides is 2. The second kappa shape index (κ2) is 6.35. The Balaban J connectivity index is 2.31. The molecule has 0 radical (unpaired) electrons. The second-order valence-electron chi connectivity index (χ2n) is 4.54. The van der Waals surface area contributed by atoms with Crippen molar-refractivity contribution in [3.8, 4) is 0 Å². The van der Waals surface area contributed by atoms with E-state index in [1.165, 1.54) is 17.7 Å². The number of carbonyl (C=O) groups excluding carboxylic acids is 2. The van der Waals surface area contributed by atoms with E-state index in [0.717, 1.165) is 5.69 Å². The van der Waals surface area contributed by atoms with Gasteiger partial charge in [0.25, 0.3) is 5.91 Å². The van der Waals surface area contributed by atoms with Gasteiger partial charge in [-0.25, -0.2) is 9.97 Å². The lowest BCUT2D eigenvalue weighted by molar-refractivity contribution is -0.118. The third kappa shape index (κ3) is 3.67. The van der Waals surface area contributed by atoms with Crippen LogP contribution >= 0.6 is 11.5 Å². The molecule has 0 bridgehead atoms. The standard InChI is InChI=1S/C12H15N7O2S/c1-5-3-8(22-19-5)18-12-9(11(14)21)15-4-7(17-12)16-6(2)10(13)20/h3-4,6H,1-2H3,(H2,13,20)(H2,14,21)(H2,16,17,18). The van der Waals surface area contributed by atoms with Crippen molar-refractivity contribution in [3.63, 3.8) is 0 Å². The maximum absolute atomic E-state index is 11.4. The second-order valence-corrected chi connectivity index (χ2v) is 5.35. The Morgan fingerprint density at radius 1 is 1.36 bits per heavy atom. The van der Waals surface area contributed by atoms with E-state index < -0.39 is 17.9 Å². The summed E-state index contributed by atoms with van der Waals surface area (Å²) in [5.74, 6) is -0.781. The van der Waals surface area contributed by atoms with Crippen molar-refractivity contribution in [1.82, 2.24) is 14.3 Å². The SMILES string of the molecule is Cc1cc(Nc2nc(NC(C)C(N)=O)cnc2C(N)=O)sn1. The number of carbonyl (C=O) groups is 2. The molecular weight excluding hydrogens is 306 g/mol. The number of nitrogens with zero attached hydrogens (tertiary/aromatic N) is 3. The molecule has 0 aliphatic heterocycles. The minimum Gasteiger partial charge on any atom is -0.368 e. The smallest absolute Gasteiger partial charge is 0.271 e. The summed E-state index contributed by atoms with van der Waals surface area (Å²) in [5.41, 5.74) is 11.3. The lowest BCUT2D eigenvalue weighted by Crippen LogP contribution is -2.33. The van der Waals surface area contributed by atoms with Crippen LogP contribution in [0.1, 0.15) is 23.1 Å². The van der Waals surface area contributed by atoms with Crippen LogP contribution in [0, 0.1) is 6.92 Å². The molecule has 2 heterocycles. The summed E-state index contributed by atoms with van der Waals surface area (Å²) in [4.78, 5) is 30.7. The predicted octanol–water partition coefficient (Wildman–Crippen LogP) is 0.370. The Hall–Kier alpha value is -2.75. The van der Waals surface area contributed by atoms with Crippen LogP contribution in [0.15, 0.2) is 12.3 Å². The Kier molecular flexibility index (Phi) is 4.51. The fraction of sp³-hybridized carbons (Fsp3) is 0.250. The van der Waals surface area contributed by atoms with E-state index in [0.29, 0.717) is 10.8 Å². The van der Waals surface area contributed by atoms with Crippen LogP contribution in [-0.4, -0.2) is 32.2 Å². The molecule has 1 atom stereocenters. The molecule has 2 rings (SSSR count). The minimum absolute atomic E-state index is 0.0108. The number of hydrogen-bond acceptors (Lipinski definition) is 8. The van der Waals surface area contributed by atoms with Gasteiger partial charge in [0.1, 0.15) is 16.9 Å². The van der Waals surface area contributed by atoms with Gasteiger partial charge >= 0.3 is 0 Å². The molecule has 9 nitrogen and oxygen atoms in total. The summed E-state index contributed by atoms with van der Waals surface area (Å²) in [6.45, 7) is 3.43. The number of aromatic nitrogens is 3. The van der Waals surface area contributed by atoms with Crippen molar-refractivity contribution in [3.05, 3.63) is 23.7 Å². The number of anilines is 3. The molecule has 22 heavy (non-hydrogen) atoms. The van der Waals surface area contributed by atoms with Crippen molar-refractivity contribution in [2.24, 2.45) is 11.5 Å². The largest absolute Gasteiger partial charge is 0.368 e. The Morgan fingerprint density at radius 3 is 2.64 bits per heavy atom. The van der Waals surface area contributed by atoms with E-state index in [2.05, 4.69) is 25.0 Å². The number of nitrogens with two attached hydrogens (primary N) is 2. The van der Waals surface area contributed by atoms with Gasteiger partial charge in [0.05, 0.1) is 11.9 Å². The van der Waals surface area contributed by atoms with E-state index in [9.17, 15) is 9.59 Å². The third-order valence-electron chi connectivity index (χ3n) is 2.67. The van der Waals surface area contributed by atoms with E-state index in [-0.39, 0.29) is 11.5 Å². The summed E-state index contributed by atoms with van der Waals surface area (Å²) in [7, 11) is 0. The molecule has 0 saturated carbocycles. The molecule has 0 aliphatic carbocycles. The van der Waals surface area contributed by atoms with Gasteiger partial charge in [-0.05, 0) is 31.4 Å². The highest BCUT2D eigenvalue weighted by molar-refractivity contribution is 7.10. The first-order chi connectivity index (χ1) is 10.4. The topological polar surface area (TPSA) is 149 Å². The van der Waals surface area contributed by atoms with Crippen LogP contribution in [-0.2, 0) is 4.79 Å². The molecule has 2 amide bonds. The fourth-order valence-electron chi connectivity index (χ4n) is 1.56. The average molecular weight is 321 g/mol. The van der Waals surface area contributed by atoms with Crippen LogP contribution < -0.4 is 22.1 Å². The molecule has 0 spiro atoms. The molecule has 2 aromatic rings. The number of rotatable bonds is 6. The molecule has 0 aromatic carbocycles. The predicted molar refractivity (Wildman–Crippen MR) is 83.0 cm³/mol. The molecule has 10 heteroatoms. The third-order valence-corrected chi connectivity index (χ3v) is 3.46. The number of amides is 2. The maximum Gasteiger partial charge on any atom is 0.271 e. The van der Waals surface area contributed by atoms with Crippen molar-refractivity contribution in [2.45, 2.75) is 19.9 Å². The van der Waals surface area contributed by atoms with Gasteiger partial charge in [0.2, 0.25) is 5.91 Å². The van der Waals surface area contributed by atoms with Crippen LogP contribution in [0.4, 0.5) is 16.6 Å². The van der Waals surface area contributed by atoms with Gasteiger partial charge < -0.3 is 22.1 Å². The van der Waals surface area contributed by atoms with Gasteiger partial charge in [0, 0.05) is 0 Å². The fourth-order valence-corrected chi connectivity index (χ4v) is 2.22. The normalized spacial score (nSPS) is 11.7. The van der Waals surface area contributed by atoms with E-state index in [1.807, 2.05) is 6.92 Å². The molecule has 6 N–H and O–H groups in total. The minimum atomic E-state index is -0.717. The summed E-state index contributed by atoms with van der Waals surface area (Å²) < 4.78 is 4.12. The maximum atomic E-state index is 11.4. The lowest BCUT2D eigenvalue weighted by atomic mass is 10.3. The highest BCUT2D eigenvalue weighted by Crippen LogP contribution is 2.23. The Labute approximate surface area is 130 Å². The molecule has 2 aromatic heterocycles. The van der Waals surface area contributed by atoms with Crippen molar-refractivity contribution >= 4 is 40.0 Å². The number of hydrogen-bond donors (Lipinski definition) is 4. The zero-order chi connectivity index (χ0) is 16.3. The van der Waals surface area contributed by atoms with E-state index >= 15 is 0 Å². The monoisotopic (exact) mass is 321 g/mol. The van der Waals surface area contributed by atoms with Crippen LogP contribution in [0.2, 0.25) is 0 Å². The highest BCUT2D eigenvalue weighted by Gasteiger charge is 2.16. The van der Waals surface area contributed by atoms with Gasteiger partial charge in [-0.3, -0.25) is 9.59 Å². The van der Waals surface area contributed by atoms with Crippen LogP contribution in [0.25, 0.3) is 0 Å². The number of aryl methyl sites for hydroxylation is 1. The van der Waals surface area contributed by atoms with Crippen molar-refractivity contribution < 1.29 is 9.59 Å². The summed E-state index contributed by atoms with van der Waals surface area (Å²) in [5, 5.41) is 6.42. The number of nitrogens with one attached hydrogen (secondary N) is 2. The van der Waals surface area contributed by atoms with Crippen LogP contribution in [0.5, 0.6) is 0 Å². The van der Waals surface area contributed by atoms with Gasteiger partial charge in [0.15, 0.2) is 11.5 Å². The summed E-state index contributed by atoms with van der Waals surface area (Å²) >= 11 is 1.21. The molecule has 0 aliphatic rings. The molecule has 116 valence electrons. The summed E-state index contributed by atoms with van der Waals surface area (Å²) in [6.07, 6.45) is 1.31. The zero-order valence-electron chi connectivity index (χ0n) is 12.0. The van der Waals surface area contributed by atoms with Gasteiger partial charge in [-0.15, -0.1) is 0 Å². The van der Waals surface area contributed by atoms with Gasteiger partial charge in [-0.2, -0.15) is 4.37 Å².